The van der Waals surface area contributed by atoms with Crippen LogP contribution in [-0.4, -0.2) is 19.2 Å². The molecule has 0 bridgehead atoms. The summed E-state index contributed by atoms with van der Waals surface area (Å²) in [6.07, 6.45) is 0.994. The SMILES string of the molecule is CCNC(Cc1ccc(Cl)s1)C1COc2ccccc21. The van der Waals surface area contributed by atoms with Crippen LogP contribution in [0.25, 0.3) is 0 Å². The molecule has 0 saturated carbocycles. The van der Waals surface area contributed by atoms with Gasteiger partial charge in [0.15, 0.2) is 0 Å². The fourth-order valence-corrected chi connectivity index (χ4v) is 3.96. The summed E-state index contributed by atoms with van der Waals surface area (Å²) in [5, 5.41) is 3.61. The molecule has 3 rings (SSSR count). The molecule has 2 atom stereocenters. The number of rotatable bonds is 5. The van der Waals surface area contributed by atoms with E-state index in [-0.39, 0.29) is 0 Å². The molecule has 2 heterocycles. The number of fused-ring (bicyclic) bond motifs is 1. The maximum Gasteiger partial charge on any atom is 0.122 e. The van der Waals surface area contributed by atoms with E-state index in [0.29, 0.717) is 12.0 Å². The molecule has 4 heteroatoms. The van der Waals surface area contributed by atoms with Gasteiger partial charge in [-0.1, -0.05) is 36.7 Å². The summed E-state index contributed by atoms with van der Waals surface area (Å²) in [5.41, 5.74) is 1.32. The summed E-state index contributed by atoms with van der Waals surface area (Å²) >= 11 is 7.70. The van der Waals surface area contributed by atoms with Crippen molar-refractivity contribution in [2.45, 2.75) is 25.3 Å². The van der Waals surface area contributed by atoms with Crippen molar-refractivity contribution < 1.29 is 4.74 Å². The highest BCUT2D eigenvalue weighted by Crippen LogP contribution is 2.37. The largest absolute Gasteiger partial charge is 0.493 e. The molecule has 1 aromatic heterocycles. The number of likely N-dealkylation sites (N-methyl/N-ethyl adjacent to an activating group) is 1. The van der Waals surface area contributed by atoms with Gasteiger partial charge in [-0.25, -0.2) is 0 Å². The third kappa shape index (κ3) is 2.85. The van der Waals surface area contributed by atoms with Gasteiger partial charge in [-0.15, -0.1) is 11.3 Å². The molecular weight excluding hydrogens is 290 g/mol. The highest BCUT2D eigenvalue weighted by atomic mass is 35.5. The third-order valence-electron chi connectivity index (χ3n) is 3.74. The van der Waals surface area contributed by atoms with Crippen LogP contribution >= 0.6 is 22.9 Å². The van der Waals surface area contributed by atoms with Crippen molar-refractivity contribution in [3.05, 3.63) is 51.2 Å². The third-order valence-corrected chi connectivity index (χ3v) is 4.99. The minimum atomic E-state index is 0.387. The van der Waals surface area contributed by atoms with Crippen LogP contribution in [0.1, 0.15) is 23.3 Å². The van der Waals surface area contributed by atoms with Crippen molar-refractivity contribution in [3.63, 3.8) is 0 Å². The molecule has 1 aromatic carbocycles. The standard InChI is InChI=1S/C16H18ClNOS/c1-2-18-14(9-11-7-8-16(17)20-11)13-10-19-15-6-4-3-5-12(13)15/h3-8,13-14,18H,2,9-10H2,1H3. The Bertz CT molecular complexity index is 583. The van der Waals surface area contributed by atoms with Crippen molar-refractivity contribution in [1.82, 2.24) is 5.32 Å². The maximum atomic E-state index is 6.04. The van der Waals surface area contributed by atoms with Gasteiger partial charge < -0.3 is 10.1 Å². The van der Waals surface area contributed by atoms with Gasteiger partial charge in [0.1, 0.15) is 5.75 Å². The van der Waals surface area contributed by atoms with E-state index in [4.69, 9.17) is 16.3 Å². The number of thiophene rings is 1. The minimum Gasteiger partial charge on any atom is -0.493 e. The number of nitrogens with one attached hydrogen (secondary N) is 1. The molecule has 106 valence electrons. The van der Waals surface area contributed by atoms with Gasteiger partial charge in [0, 0.05) is 22.4 Å². The molecule has 0 radical (unpaired) electrons. The van der Waals surface area contributed by atoms with Gasteiger partial charge in [0.2, 0.25) is 0 Å². The van der Waals surface area contributed by atoms with Gasteiger partial charge in [-0.05, 0) is 31.2 Å². The van der Waals surface area contributed by atoms with Crippen LogP contribution < -0.4 is 10.1 Å². The molecule has 1 N–H and O–H groups in total. The van der Waals surface area contributed by atoms with Crippen LogP contribution in [0, 0.1) is 0 Å². The molecular formula is C16H18ClNOS. The number of benzene rings is 1. The van der Waals surface area contributed by atoms with Gasteiger partial charge in [-0.3, -0.25) is 0 Å². The van der Waals surface area contributed by atoms with E-state index in [1.165, 1.54) is 10.4 Å². The smallest absolute Gasteiger partial charge is 0.122 e. The first kappa shape index (κ1) is 13.9. The molecule has 2 nitrogen and oxygen atoms in total. The van der Waals surface area contributed by atoms with Crippen molar-refractivity contribution in [2.24, 2.45) is 0 Å². The molecule has 0 saturated heterocycles. The summed E-state index contributed by atoms with van der Waals surface area (Å²) in [6.45, 7) is 3.87. The fraction of sp³-hybridized carbons (Fsp3) is 0.375. The van der Waals surface area contributed by atoms with Crippen molar-refractivity contribution in [2.75, 3.05) is 13.2 Å². The second-order valence-corrected chi connectivity index (χ2v) is 6.83. The van der Waals surface area contributed by atoms with Gasteiger partial charge in [-0.2, -0.15) is 0 Å². The lowest BCUT2D eigenvalue weighted by Gasteiger charge is -2.23. The average molecular weight is 308 g/mol. The molecule has 20 heavy (non-hydrogen) atoms. The van der Waals surface area contributed by atoms with Gasteiger partial charge >= 0.3 is 0 Å². The maximum absolute atomic E-state index is 6.04. The highest BCUT2D eigenvalue weighted by molar-refractivity contribution is 7.16. The Morgan fingerprint density at radius 1 is 1.35 bits per heavy atom. The minimum absolute atomic E-state index is 0.387. The molecule has 0 amide bonds. The average Bonchev–Trinajstić information content (AvgIpc) is 3.04. The van der Waals surface area contributed by atoms with Crippen molar-refractivity contribution in [3.8, 4) is 5.75 Å². The van der Waals surface area contributed by atoms with E-state index in [1.54, 1.807) is 11.3 Å². The zero-order valence-electron chi connectivity index (χ0n) is 11.4. The van der Waals surface area contributed by atoms with Crippen molar-refractivity contribution in [1.29, 1.82) is 0 Å². The zero-order chi connectivity index (χ0) is 13.9. The summed E-state index contributed by atoms with van der Waals surface area (Å²) in [4.78, 5) is 1.32. The fourth-order valence-electron chi connectivity index (χ4n) is 2.82. The van der Waals surface area contributed by atoms with E-state index in [1.807, 2.05) is 12.1 Å². The van der Waals surface area contributed by atoms with Crippen LogP contribution in [0.15, 0.2) is 36.4 Å². The Labute approximate surface area is 128 Å². The van der Waals surface area contributed by atoms with E-state index >= 15 is 0 Å². The van der Waals surface area contributed by atoms with Crippen LogP contribution in [0.2, 0.25) is 4.34 Å². The van der Waals surface area contributed by atoms with E-state index < -0.39 is 0 Å². The lowest BCUT2D eigenvalue weighted by Crippen LogP contribution is -2.37. The van der Waals surface area contributed by atoms with E-state index in [9.17, 15) is 0 Å². The lowest BCUT2D eigenvalue weighted by atomic mass is 9.91. The van der Waals surface area contributed by atoms with Crippen molar-refractivity contribution >= 4 is 22.9 Å². The molecule has 0 spiro atoms. The summed E-state index contributed by atoms with van der Waals surface area (Å²) in [6, 6.07) is 12.8. The first-order valence-corrected chi connectivity index (χ1v) is 8.16. The Kier molecular flexibility index (Phi) is 4.29. The predicted molar refractivity (Wildman–Crippen MR) is 85.2 cm³/mol. The quantitative estimate of drug-likeness (QED) is 0.898. The second kappa shape index (κ2) is 6.17. The Morgan fingerprint density at radius 3 is 2.95 bits per heavy atom. The first-order valence-electron chi connectivity index (χ1n) is 6.97. The first-order chi connectivity index (χ1) is 9.78. The van der Waals surface area contributed by atoms with E-state index in [0.717, 1.165) is 29.7 Å². The Balaban J connectivity index is 1.81. The van der Waals surface area contributed by atoms with Crippen LogP contribution in [-0.2, 0) is 6.42 Å². The summed E-state index contributed by atoms with van der Waals surface area (Å²) in [7, 11) is 0. The molecule has 2 aromatic rings. The number of halogens is 1. The normalized spacial score (nSPS) is 18.6. The second-order valence-electron chi connectivity index (χ2n) is 5.03. The molecule has 1 aliphatic rings. The van der Waals surface area contributed by atoms with Gasteiger partial charge in [0.25, 0.3) is 0 Å². The molecule has 0 fully saturated rings. The predicted octanol–water partition coefficient (Wildman–Crippen LogP) is 4.10. The summed E-state index contributed by atoms with van der Waals surface area (Å²) in [5.74, 6) is 1.44. The monoisotopic (exact) mass is 307 g/mol. The van der Waals surface area contributed by atoms with E-state index in [2.05, 4.69) is 36.5 Å². The Hall–Kier alpha value is -1.03. The molecule has 2 unspecified atom stereocenters. The number of para-hydroxylation sites is 1. The lowest BCUT2D eigenvalue weighted by molar-refractivity contribution is 0.298. The summed E-state index contributed by atoms with van der Waals surface area (Å²) < 4.78 is 6.68. The molecule has 1 aliphatic heterocycles. The van der Waals surface area contributed by atoms with Crippen LogP contribution in [0.4, 0.5) is 0 Å². The van der Waals surface area contributed by atoms with Crippen LogP contribution in [0.5, 0.6) is 5.75 Å². The zero-order valence-corrected chi connectivity index (χ0v) is 13.0. The highest BCUT2D eigenvalue weighted by Gasteiger charge is 2.31. The van der Waals surface area contributed by atoms with Gasteiger partial charge in [0.05, 0.1) is 10.9 Å². The topological polar surface area (TPSA) is 21.3 Å². The number of hydrogen-bond donors (Lipinski definition) is 1. The number of ether oxygens (including phenoxy) is 1. The Morgan fingerprint density at radius 2 is 2.20 bits per heavy atom. The molecule has 0 aliphatic carbocycles. The number of hydrogen-bond acceptors (Lipinski definition) is 3. The van der Waals surface area contributed by atoms with Crippen LogP contribution in [0.3, 0.4) is 0 Å².